The van der Waals surface area contributed by atoms with Crippen LogP contribution in [0.4, 0.5) is 0 Å². The van der Waals surface area contributed by atoms with Gasteiger partial charge in [-0.1, -0.05) is 42.5 Å². The van der Waals surface area contributed by atoms with Crippen LogP contribution in [-0.2, 0) is 9.13 Å². The Morgan fingerprint density at radius 2 is 1.69 bits per heavy atom. The maximum atomic E-state index is 10.5. The summed E-state index contributed by atoms with van der Waals surface area (Å²) in [4.78, 5) is 17.3. The summed E-state index contributed by atoms with van der Waals surface area (Å²) in [7, 11) is -5.23. The molecule has 0 saturated carbocycles. The molecule has 0 aliphatic heterocycles. The van der Waals surface area contributed by atoms with Gasteiger partial charge in [-0.05, 0) is 6.42 Å². The molecule has 2 unspecified atom stereocenters. The van der Waals surface area contributed by atoms with Crippen molar-refractivity contribution in [3.63, 3.8) is 0 Å². The minimum absolute atomic E-state index is 0.255. The van der Waals surface area contributed by atoms with Crippen LogP contribution in [0.2, 0.25) is 0 Å². The summed E-state index contributed by atoms with van der Waals surface area (Å²) in [5.74, 6) is 0. The van der Waals surface area contributed by atoms with Crippen LogP contribution in [0.5, 0.6) is 0 Å². The van der Waals surface area contributed by atoms with E-state index < -0.39 is 14.5 Å². The molecule has 0 saturated heterocycles. The fraction of sp³-hybridized carbons (Fsp3) is 0.800. The molecule has 2 atom stereocenters. The maximum Gasteiger partial charge on any atom is 0.244 e. The summed E-state index contributed by atoms with van der Waals surface area (Å²) in [5.41, 5.74) is 0. The van der Waals surface area contributed by atoms with E-state index >= 15 is 0 Å². The molecule has 0 aliphatic rings. The molecule has 0 aromatic rings. The van der Waals surface area contributed by atoms with Crippen LogP contribution in [0.15, 0.2) is 0 Å². The van der Waals surface area contributed by atoms with E-state index in [1.165, 1.54) is 0 Å². The Labute approximate surface area is 87.1 Å². The second kappa shape index (κ2) is 8.39. The van der Waals surface area contributed by atoms with Gasteiger partial charge in [0.25, 0.3) is 0 Å². The van der Waals surface area contributed by atoms with Crippen molar-refractivity contribution in [1.29, 1.82) is 0 Å². The third-order valence-corrected chi connectivity index (χ3v) is 7.07. The van der Waals surface area contributed by atoms with Gasteiger partial charge in [0.15, 0.2) is 0 Å². The van der Waals surface area contributed by atoms with E-state index in [0.717, 1.165) is 35.6 Å². The van der Waals surface area contributed by atoms with Crippen molar-refractivity contribution in [2.75, 3.05) is 0 Å². The first-order valence-corrected chi connectivity index (χ1v) is 9.56. The smallest absolute Gasteiger partial charge is 0.244 e. The fourth-order valence-electron chi connectivity index (χ4n) is 0.678. The predicted molar refractivity (Wildman–Crippen MR) is 60.6 cm³/mol. The Balaban J connectivity index is 3.87. The molecule has 0 aromatic carbocycles. The van der Waals surface area contributed by atoms with E-state index in [-0.39, 0.29) is 4.58 Å². The Hall–Kier alpha value is 1.08. The van der Waals surface area contributed by atoms with Gasteiger partial charge in [0.1, 0.15) is 0 Å². The average molecular weight is 263 g/mol. The van der Waals surface area contributed by atoms with Crippen molar-refractivity contribution in [2.24, 2.45) is 0 Å². The van der Waals surface area contributed by atoms with Crippen molar-refractivity contribution in [3.8, 4) is 0 Å². The van der Waals surface area contributed by atoms with Crippen LogP contribution < -0.4 is 0 Å². The molecule has 13 heavy (non-hydrogen) atoms. The Morgan fingerprint density at radius 3 is 2.00 bits per heavy atom. The molecule has 0 rings (SSSR count). The van der Waals surface area contributed by atoms with Crippen LogP contribution >= 0.6 is 37.2 Å². The van der Waals surface area contributed by atoms with Crippen LogP contribution in [-0.4, -0.2) is 14.4 Å². The van der Waals surface area contributed by atoms with Gasteiger partial charge in [-0.25, -0.2) is 0 Å². The average Bonchev–Trinajstić information content (AvgIpc) is 1.98. The zero-order chi connectivity index (χ0) is 10.3. The molecule has 0 amide bonds. The van der Waals surface area contributed by atoms with E-state index in [4.69, 9.17) is 9.79 Å². The van der Waals surface area contributed by atoms with Gasteiger partial charge in [0, 0.05) is 0 Å². The maximum absolute atomic E-state index is 10.5. The van der Waals surface area contributed by atoms with Crippen molar-refractivity contribution >= 4 is 37.2 Å². The number of hydrogen-bond acceptors (Lipinski definition) is 4. The van der Waals surface area contributed by atoms with Gasteiger partial charge in [0.05, 0.1) is 4.58 Å². The van der Waals surface area contributed by atoms with Gasteiger partial charge >= 0.3 is 0 Å². The summed E-state index contributed by atoms with van der Waals surface area (Å²) < 4.78 is 20.7. The molecule has 2 N–H and O–H groups in total. The molecular weight excluding hydrogens is 250 g/mol. The lowest BCUT2D eigenvalue weighted by atomic mass is 10.3. The van der Waals surface area contributed by atoms with Gasteiger partial charge in [-0.2, -0.15) is 0 Å². The normalized spacial score (nSPS) is 18.1. The van der Waals surface area contributed by atoms with Crippen molar-refractivity contribution in [3.05, 3.63) is 6.92 Å². The van der Waals surface area contributed by atoms with E-state index in [1.807, 2.05) is 0 Å². The molecule has 0 fully saturated rings. The first kappa shape index (κ1) is 14.1. The van der Waals surface area contributed by atoms with Crippen LogP contribution in [0.25, 0.3) is 0 Å². The molecule has 0 aliphatic carbocycles. The van der Waals surface area contributed by atoms with E-state index in [1.54, 1.807) is 0 Å². The minimum atomic E-state index is -2.62. The molecule has 4 nitrogen and oxygen atoms in total. The lowest BCUT2D eigenvalue weighted by Crippen LogP contribution is -1.92. The Bertz CT molecular complexity index is 173. The van der Waals surface area contributed by atoms with Crippen molar-refractivity contribution in [1.82, 2.24) is 0 Å². The topological polar surface area (TPSA) is 74.6 Å². The highest BCUT2D eigenvalue weighted by Gasteiger charge is 2.14. The zero-order valence-corrected chi connectivity index (χ0v) is 10.6. The summed E-state index contributed by atoms with van der Waals surface area (Å²) in [5, 5.41) is 0. The zero-order valence-electron chi connectivity index (χ0n) is 6.93. The molecule has 0 spiro atoms. The van der Waals surface area contributed by atoms with E-state index in [2.05, 4.69) is 6.92 Å². The second-order valence-electron chi connectivity index (χ2n) is 2.19. The van der Waals surface area contributed by atoms with Gasteiger partial charge in [-0.3, -0.25) is 9.13 Å². The van der Waals surface area contributed by atoms with E-state index in [0.29, 0.717) is 6.42 Å². The first-order chi connectivity index (χ1) is 6.06. The molecule has 79 valence electrons. The fourth-order valence-corrected chi connectivity index (χ4v) is 7.16. The van der Waals surface area contributed by atoms with Gasteiger partial charge in [-0.15, -0.1) is 0 Å². The first-order valence-electron chi connectivity index (χ1n) is 3.64. The minimum Gasteiger partial charge on any atom is -0.339 e. The second-order valence-corrected chi connectivity index (χ2v) is 8.67. The largest absolute Gasteiger partial charge is 0.339 e. The SMILES string of the molecule is [CH2]CCCC(S[PH](=O)O)S[PH](=O)O. The van der Waals surface area contributed by atoms with Crippen LogP contribution in [0.1, 0.15) is 19.3 Å². The molecule has 0 heterocycles. The Morgan fingerprint density at radius 1 is 1.23 bits per heavy atom. The molecule has 0 aromatic heterocycles. The summed E-state index contributed by atoms with van der Waals surface area (Å²) in [6, 6.07) is 0. The van der Waals surface area contributed by atoms with Gasteiger partial charge < -0.3 is 9.79 Å². The lowest BCUT2D eigenvalue weighted by molar-refractivity contribution is 0.518. The monoisotopic (exact) mass is 263 g/mol. The van der Waals surface area contributed by atoms with Crippen LogP contribution in [0.3, 0.4) is 0 Å². The predicted octanol–water partition coefficient (Wildman–Crippen LogP) is 2.55. The van der Waals surface area contributed by atoms with Crippen LogP contribution in [0, 0.1) is 6.92 Å². The van der Waals surface area contributed by atoms with Gasteiger partial charge in [0.2, 0.25) is 14.5 Å². The highest BCUT2D eigenvalue weighted by atomic mass is 32.8. The molecular formula is C5H13O4P2S2. The molecule has 1 radical (unpaired) electrons. The van der Waals surface area contributed by atoms with Crippen molar-refractivity contribution in [2.45, 2.75) is 23.8 Å². The Kier molecular flexibility index (Phi) is 9.09. The molecule has 0 bridgehead atoms. The third kappa shape index (κ3) is 9.39. The standard InChI is InChI=1S/C5H13O4P2S2/c1-2-3-4-5(12-10(6)7)13-11(8)9/h5,10-11H,1-4H2,(H,6,7)(H,8,9). The summed E-state index contributed by atoms with van der Waals surface area (Å²) in [6.07, 6.45) is 2.18. The third-order valence-electron chi connectivity index (χ3n) is 1.15. The summed E-state index contributed by atoms with van der Waals surface area (Å²) >= 11 is 1.74. The van der Waals surface area contributed by atoms with E-state index in [9.17, 15) is 9.13 Å². The number of hydrogen-bond donors (Lipinski definition) is 2. The summed E-state index contributed by atoms with van der Waals surface area (Å²) in [6.45, 7) is 3.63. The number of rotatable bonds is 7. The lowest BCUT2D eigenvalue weighted by Gasteiger charge is -2.10. The molecule has 8 heteroatoms. The highest BCUT2D eigenvalue weighted by molar-refractivity contribution is 8.61. The van der Waals surface area contributed by atoms with Crippen molar-refractivity contribution < 1.29 is 18.9 Å². The highest BCUT2D eigenvalue weighted by Crippen LogP contribution is 2.50. The number of unbranched alkanes of at least 4 members (excludes halogenated alkanes) is 1. The quantitative estimate of drug-likeness (QED) is 0.543.